The van der Waals surface area contributed by atoms with Gasteiger partial charge in [0.25, 0.3) is 5.56 Å². The van der Waals surface area contributed by atoms with Crippen LogP contribution in [-0.4, -0.2) is 34.2 Å². The number of hydrogen-bond acceptors (Lipinski definition) is 5. The summed E-state index contributed by atoms with van der Waals surface area (Å²) >= 11 is 5.98. The number of anilines is 1. The third-order valence-corrected chi connectivity index (χ3v) is 4.50. The minimum atomic E-state index is -0.436. The van der Waals surface area contributed by atoms with Crippen LogP contribution in [0.4, 0.5) is 10.5 Å². The summed E-state index contributed by atoms with van der Waals surface area (Å²) in [6.07, 6.45) is 0.598. The van der Waals surface area contributed by atoms with Crippen LogP contribution in [0.1, 0.15) is 13.3 Å². The summed E-state index contributed by atoms with van der Waals surface area (Å²) in [5, 5.41) is 14.5. The van der Waals surface area contributed by atoms with Gasteiger partial charge >= 0.3 is 6.03 Å². The van der Waals surface area contributed by atoms with Gasteiger partial charge in [-0.1, -0.05) is 35.9 Å². The van der Waals surface area contributed by atoms with Crippen LogP contribution in [0.25, 0.3) is 10.9 Å². The molecule has 3 aromatic rings. The Kier molecular flexibility index (Phi) is 6.10. The SMILES string of the molecule is CC[C@@H](Cn1nnc2ccccc2c1=O)NC(=O)Nc1cc(Cl)ccc1OC. The van der Waals surface area contributed by atoms with Crippen LogP contribution in [0, 0.1) is 0 Å². The molecule has 1 atom stereocenters. The van der Waals surface area contributed by atoms with E-state index in [0.717, 1.165) is 0 Å². The third kappa shape index (κ3) is 4.40. The van der Waals surface area contributed by atoms with E-state index in [4.69, 9.17) is 16.3 Å². The number of rotatable bonds is 6. The second-order valence-electron chi connectivity index (χ2n) is 6.14. The summed E-state index contributed by atoms with van der Waals surface area (Å²) < 4.78 is 6.48. The van der Waals surface area contributed by atoms with Gasteiger partial charge in [0.2, 0.25) is 0 Å². The van der Waals surface area contributed by atoms with Crippen molar-refractivity contribution in [2.75, 3.05) is 12.4 Å². The number of hydrogen-bond donors (Lipinski definition) is 2. The quantitative estimate of drug-likeness (QED) is 0.661. The van der Waals surface area contributed by atoms with Gasteiger partial charge < -0.3 is 15.4 Å². The lowest BCUT2D eigenvalue weighted by Crippen LogP contribution is -2.42. The minimum absolute atomic E-state index is 0.202. The van der Waals surface area contributed by atoms with E-state index in [1.807, 2.05) is 6.92 Å². The summed E-state index contributed by atoms with van der Waals surface area (Å²) in [7, 11) is 1.51. The maximum atomic E-state index is 12.6. The number of ether oxygens (including phenoxy) is 1. The number of amides is 2. The molecular weight excluding hydrogens is 382 g/mol. The molecular formula is C19H20ClN5O3. The second-order valence-corrected chi connectivity index (χ2v) is 6.58. The van der Waals surface area contributed by atoms with E-state index in [1.54, 1.807) is 42.5 Å². The fraction of sp³-hybridized carbons (Fsp3) is 0.263. The lowest BCUT2D eigenvalue weighted by Gasteiger charge is -2.18. The second kappa shape index (κ2) is 8.71. The fourth-order valence-electron chi connectivity index (χ4n) is 2.75. The molecule has 0 bridgehead atoms. The molecule has 0 spiro atoms. The van der Waals surface area contributed by atoms with Gasteiger partial charge in [-0.3, -0.25) is 4.79 Å². The molecule has 146 valence electrons. The van der Waals surface area contributed by atoms with Gasteiger partial charge in [-0.15, -0.1) is 5.10 Å². The molecule has 2 aromatic carbocycles. The van der Waals surface area contributed by atoms with Crippen molar-refractivity contribution in [3.63, 3.8) is 0 Å². The molecule has 3 rings (SSSR count). The maximum absolute atomic E-state index is 12.6. The monoisotopic (exact) mass is 401 g/mol. The zero-order valence-corrected chi connectivity index (χ0v) is 16.2. The van der Waals surface area contributed by atoms with Gasteiger partial charge in [0, 0.05) is 5.02 Å². The zero-order chi connectivity index (χ0) is 20.1. The van der Waals surface area contributed by atoms with E-state index >= 15 is 0 Å². The molecule has 0 aliphatic rings. The Labute approximate surface area is 166 Å². The Bertz CT molecular complexity index is 1050. The number of aromatic nitrogens is 3. The highest BCUT2D eigenvalue weighted by molar-refractivity contribution is 6.31. The Morgan fingerprint density at radius 3 is 2.82 bits per heavy atom. The van der Waals surface area contributed by atoms with Crippen molar-refractivity contribution in [1.82, 2.24) is 20.3 Å². The van der Waals surface area contributed by atoms with Gasteiger partial charge in [-0.05, 0) is 36.8 Å². The summed E-state index contributed by atoms with van der Waals surface area (Å²) in [5.41, 5.74) is 0.739. The molecule has 0 saturated heterocycles. The third-order valence-electron chi connectivity index (χ3n) is 4.26. The summed E-state index contributed by atoms with van der Waals surface area (Å²) in [6, 6.07) is 11.2. The molecule has 1 heterocycles. The average Bonchev–Trinajstić information content (AvgIpc) is 2.69. The van der Waals surface area contributed by atoms with Crippen LogP contribution in [0.3, 0.4) is 0 Å². The molecule has 0 saturated carbocycles. The van der Waals surface area contributed by atoms with Crippen molar-refractivity contribution >= 4 is 34.2 Å². The summed E-state index contributed by atoms with van der Waals surface area (Å²) in [5.74, 6) is 0.490. The van der Waals surface area contributed by atoms with Gasteiger partial charge in [0.15, 0.2) is 0 Å². The normalized spacial score (nSPS) is 11.8. The molecule has 2 N–H and O–H groups in total. The molecule has 0 fully saturated rings. The first-order valence-corrected chi connectivity index (χ1v) is 9.13. The lowest BCUT2D eigenvalue weighted by molar-refractivity contribution is 0.245. The molecule has 0 aliphatic carbocycles. The Balaban J connectivity index is 1.73. The first-order chi connectivity index (χ1) is 13.5. The molecule has 9 heteroatoms. The summed E-state index contributed by atoms with van der Waals surface area (Å²) in [6.45, 7) is 2.11. The van der Waals surface area contributed by atoms with Gasteiger partial charge in [-0.2, -0.15) is 0 Å². The van der Waals surface area contributed by atoms with Crippen LogP contribution in [0.5, 0.6) is 5.75 Å². The highest BCUT2D eigenvalue weighted by atomic mass is 35.5. The molecule has 0 radical (unpaired) electrons. The number of halogens is 1. The predicted molar refractivity (Wildman–Crippen MR) is 108 cm³/mol. The van der Waals surface area contributed by atoms with Crippen molar-refractivity contribution in [2.45, 2.75) is 25.9 Å². The van der Waals surface area contributed by atoms with Crippen LogP contribution >= 0.6 is 11.6 Å². The van der Waals surface area contributed by atoms with Crippen LogP contribution in [0.2, 0.25) is 5.02 Å². The van der Waals surface area contributed by atoms with Crippen LogP contribution < -0.4 is 20.9 Å². The van der Waals surface area contributed by atoms with E-state index in [1.165, 1.54) is 11.8 Å². The zero-order valence-electron chi connectivity index (χ0n) is 15.5. The number of nitrogens with one attached hydrogen (secondary N) is 2. The Morgan fingerprint density at radius 2 is 2.07 bits per heavy atom. The van der Waals surface area contributed by atoms with Gasteiger partial charge in [0.05, 0.1) is 30.8 Å². The number of carbonyl (C=O) groups excluding carboxylic acids is 1. The molecule has 28 heavy (non-hydrogen) atoms. The van der Waals surface area contributed by atoms with Crippen LogP contribution in [-0.2, 0) is 6.54 Å². The standard InChI is InChI=1S/C19H20ClN5O3/c1-3-13(11-25-18(26)14-6-4-5-7-15(14)23-24-25)21-19(27)22-16-10-12(20)8-9-17(16)28-2/h4-10,13H,3,11H2,1-2H3,(H2,21,22,27)/t13-/m0/s1. The van der Waals surface area contributed by atoms with Crippen LogP contribution in [0.15, 0.2) is 47.3 Å². The molecule has 2 amide bonds. The predicted octanol–water partition coefficient (Wildman–Crippen LogP) is 3.05. The van der Waals surface area contributed by atoms with Crippen molar-refractivity contribution in [3.05, 3.63) is 57.8 Å². The van der Waals surface area contributed by atoms with E-state index in [9.17, 15) is 9.59 Å². The maximum Gasteiger partial charge on any atom is 0.319 e. The number of fused-ring (bicyclic) bond motifs is 1. The summed E-state index contributed by atoms with van der Waals surface area (Å²) in [4.78, 5) is 25.0. The van der Waals surface area contributed by atoms with E-state index in [2.05, 4.69) is 20.9 Å². The topological polar surface area (TPSA) is 98.1 Å². The molecule has 8 nitrogen and oxygen atoms in total. The van der Waals surface area contributed by atoms with Crippen molar-refractivity contribution < 1.29 is 9.53 Å². The fourth-order valence-corrected chi connectivity index (χ4v) is 2.92. The number of urea groups is 1. The number of carbonyl (C=O) groups is 1. The molecule has 0 aliphatic heterocycles. The smallest absolute Gasteiger partial charge is 0.319 e. The first kappa shape index (κ1) is 19.6. The van der Waals surface area contributed by atoms with E-state index in [0.29, 0.717) is 33.8 Å². The Morgan fingerprint density at radius 1 is 1.29 bits per heavy atom. The molecule has 0 unspecified atom stereocenters. The van der Waals surface area contributed by atoms with Crippen molar-refractivity contribution in [3.8, 4) is 5.75 Å². The Hall–Kier alpha value is -3.13. The van der Waals surface area contributed by atoms with Gasteiger partial charge in [0.1, 0.15) is 11.3 Å². The lowest BCUT2D eigenvalue weighted by atomic mass is 10.2. The number of nitrogens with zero attached hydrogens (tertiary/aromatic N) is 3. The number of methoxy groups -OCH3 is 1. The largest absolute Gasteiger partial charge is 0.495 e. The van der Waals surface area contributed by atoms with Crippen molar-refractivity contribution in [1.29, 1.82) is 0 Å². The number of benzene rings is 2. The van der Waals surface area contributed by atoms with Crippen molar-refractivity contribution in [2.24, 2.45) is 0 Å². The highest BCUT2D eigenvalue weighted by Crippen LogP contribution is 2.27. The average molecular weight is 402 g/mol. The van der Waals surface area contributed by atoms with E-state index in [-0.39, 0.29) is 18.1 Å². The first-order valence-electron chi connectivity index (χ1n) is 8.75. The van der Waals surface area contributed by atoms with E-state index < -0.39 is 6.03 Å². The van der Waals surface area contributed by atoms with Gasteiger partial charge in [-0.25, -0.2) is 9.48 Å². The molecule has 1 aromatic heterocycles. The highest BCUT2D eigenvalue weighted by Gasteiger charge is 2.15. The minimum Gasteiger partial charge on any atom is -0.495 e.